The van der Waals surface area contributed by atoms with Gasteiger partial charge in [0.25, 0.3) is 0 Å². The van der Waals surface area contributed by atoms with E-state index in [1.807, 2.05) is 6.92 Å². The van der Waals surface area contributed by atoms with Crippen molar-refractivity contribution in [2.75, 3.05) is 17.1 Å². The Morgan fingerprint density at radius 1 is 1.00 bits per heavy atom. The standard InChI is InChI=1S/C28H36Cl3N3O4S/c1-3-26(28(36)32-21-9-5-4-6-10-21)33(19-23-24(30)11-7-12-25(23)31)27(35)13-8-18-34(39(2,37)38)22-16-14-20(29)15-17-22/h7,11-12,14-17,21,26H,3-6,8-10,13,18-19H2,1-2H3,(H,32,36). The molecule has 0 radical (unpaired) electrons. The predicted octanol–water partition coefficient (Wildman–Crippen LogP) is 6.45. The molecule has 7 nitrogen and oxygen atoms in total. The summed E-state index contributed by atoms with van der Waals surface area (Å²) in [4.78, 5) is 28.6. The van der Waals surface area contributed by atoms with Crippen LogP contribution >= 0.6 is 34.8 Å². The van der Waals surface area contributed by atoms with Gasteiger partial charge in [-0.05, 0) is 62.1 Å². The highest BCUT2D eigenvalue weighted by Gasteiger charge is 2.31. The number of benzene rings is 2. The fourth-order valence-electron chi connectivity index (χ4n) is 4.93. The van der Waals surface area contributed by atoms with Gasteiger partial charge in [-0.3, -0.25) is 13.9 Å². The van der Waals surface area contributed by atoms with E-state index in [1.54, 1.807) is 42.5 Å². The highest BCUT2D eigenvalue weighted by Crippen LogP contribution is 2.28. The van der Waals surface area contributed by atoms with Gasteiger partial charge < -0.3 is 10.2 Å². The molecule has 1 aliphatic rings. The Morgan fingerprint density at radius 3 is 2.18 bits per heavy atom. The van der Waals surface area contributed by atoms with Crippen molar-refractivity contribution in [2.24, 2.45) is 0 Å². The maximum atomic E-state index is 13.7. The Bertz CT molecular complexity index is 1210. The lowest BCUT2D eigenvalue weighted by molar-refractivity contribution is -0.141. The fourth-order valence-corrected chi connectivity index (χ4v) is 6.54. The summed E-state index contributed by atoms with van der Waals surface area (Å²) >= 11 is 18.8. The Hall–Kier alpha value is -2.00. The third-order valence-corrected chi connectivity index (χ3v) is 9.15. The first-order chi connectivity index (χ1) is 18.5. The zero-order valence-corrected chi connectivity index (χ0v) is 25.4. The number of rotatable bonds is 12. The molecule has 2 aromatic carbocycles. The number of hydrogen-bond donors (Lipinski definition) is 1. The summed E-state index contributed by atoms with van der Waals surface area (Å²) in [7, 11) is -3.59. The van der Waals surface area contributed by atoms with Crippen molar-refractivity contribution in [1.29, 1.82) is 0 Å². The first-order valence-electron chi connectivity index (χ1n) is 13.3. The number of carbonyl (C=O) groups is 2. The number of halogens is 3. The molecule has 214 valence electrons. The number of anilines is 1. The molecular formula is C28H36Cl3N3O4S. The van der Waals surface area contributed by atoms with E-state index < -0.39 is 16.1 Å². The van der Waals surface area contributed by atoms with Gasteiger partial charge in [-0.15, -0.1) is 0 Å². The largest absolute Gasteiger partial charge is 0.352 e. The first kappa shape index (κ1) is 31.5. The molecule has 11 heteroatoms. The van der Waals surface area contributed by atoms with Crippen molar-refractivity contribution in [1.82, 2.24) is 10.2 Å². The van der Waals surface area contributed by atoms with Crippen molar-refractivity contribution in [3.63, 3.8) is 0 Å². The van der Waals surface area contributed by atoms with Crippen LogP contribution in [-0.4, -0.2) is 50.0 Å². The molecule has 1 N–H and O–H groups in total. The van der Waals surface area contributed by atoms with Crippen LogP contribution in [0.2, 0.25) is 15.1 Å². The van der Waals surface area contributed by atoms with E-state index in [0.717, 1.165) is 31.9 Å². The second-order valence-electron chi connectivity index (χ2n) is 9.90. The van der Waals surface area contributed by atoms with E-state index in [-0.39, 0.29) is 43.8 Å². The van der Waals surface area contributed by atoms with Crippen LogP contribution in [0.15, 0.2) is 42.5 Å². The molecule has 0 aliphatic heterocycles. The maximum absolute atomic E-state index is 13.7. The molecule has 1 atom stereocenters. The number of sulfonamides is 1. The predicted molar refractivity (Wildman–Crippen MR) is 159 cm³/mol. The van der Waals surface area contributed by atoms with Crippen molar-refractivity contribution < 1.29 is 18.0 Å². The Kier molecular flexibility index (Phi) is 11.8. The lowest BCUT2D eigenvalue weighted by atomic mass is 9.95. The molecule has 3 rings (SSSR count). The number of nitrogens with one attached hydrogen (secondary N) is 1. The van der Waals surface area contributed by atoms with Gasteiger partial charge >= 0.3 is 0 Å². The van der Waals surface area contributed by atoms with Crippen molar-refractivity contribution in [3.05, 3.63) is 63.1 Å². The summed E-state index contributed by atoms with van der Waals surface area (Å²) < 4.78 is 26.2. The molecule has 2 aromatic rings. The van der Waals surface area contributed by atoms with Crippen molar-refractivity contribution in [2.45, 2.75) is 76.9 Å². The van der Waals surface area contributed by atoms with E-state index in [1.165, 1.54) is 15.6 Å². The molecule has 1 aliphatic carbocycles. The van der Waals surface area contributed by atoms with Crippen LogP contribution < -0.4 is 9.62 Å². The normalized spacial score (nSPS) is 15.0. The lowest BCUT2D eigenvalue weighted by Crippen LogP contribution is -2.51. The minimum absolute atomic E-state index is 0.0366. The Balaban J connectivity index is 1.79. The van der Waals surface area contributed by atoms with Crippen LogP contribution in [0.25, 0.3) is 0 Å². The average Bonchev–Trinajstić information content (AvgIpc) is 2.88. The van der Waals surface area contributed by atoms with E-state index in [4.69, 9.17) is 34.8 Å². The zero-order chi connectivity index (χ0) is 28.6. The van der Waals surface area contributed by atoms with Crippen LogP contribution in [-0.2, 0) is 26.2 Å². The van der Waals surface area contributed by atoms with E-state index >= 15 is 0 Å². The quantitative estimate of drug-likeness (QED) is 0.297. The molecule has 0 spiro atoms. The minimum Gasteiger partial charge on any atom is -0.352 e. The van der Waals surface area contributed by atoms with Crippen molar-refractivity contribution in [3.8, 4) is 0 Å². The summed E-state index contributed by atoms with van der Waals surface area (Å²) in [6.07, 6.45) is 6.99. The summed E-state index contributed by atoms with van der Waals surface area (Å²) in [5.41, 5.74) is 1.03. The smallest absolute Gasteiger partial charge is 0.243 e. The number of hydrogen-bond acceptors (Lipinski definition) is 4. The van der Waals surface area contributed by atoms with Crippen LogP contribution in [0.5, 0.6) is 0 Å². The molecule has 1 fully saturated rings. The van der Waals surface area contributed by atoms with Gasteiger partial charge in [0, 0.05) is 46.2 Å². The van der Waals surface area contributed by atoms with Gasteiger partial charge in [0.05, 0.1) is 11.9 Å². The summed E-state index contributed by atoms with van der Waals surface area (Å²) in [5, 5.41) is 4.46. The SMILES string of the molecule is CCC(C(=O)NC1CCCCC1)N(Cc1c(Cl)cccc1Cl)C(=O)CCCN(c1ccc(Cl)cc1)S(C)(=O)=O. The van der Waals surface area contributed by atoms with E-state index in [2.05, 4.69) is 5.32 Å². The van der Waals surface area contributed by atoms with Crippen LogP contribution in [0.3, 0.4) is 0 Å². The van der Waals surface area contributed by atoms with Gasteiger partial charge in [-0.2, -0.15) is 0 Å². The third kappa shape index (κ3) is 9.00. The van der Waals surface area contributed by atoms with Gasteiger partial charge in [0.1, 0.15) is 6.04 Å². The minimum atomic E-state index is -3.59. The maximum Gasteiger partial charge on any atom is 0.243 e. The second kappa shape index (κ2) is 14.6. The molecule has 1 saturated carbocycles. The number of amides is 2. The molecule has 0 heterocycles. The number of carbonyl (C=O) groups excluding carboxylic acids is 2. The highest BCUT2D eigenvalue weighted by atomic mass is 35.5. The molecular weight excluding hydrogens is 581 g/mol. The van der Waals surface area contributed by atoms with Crippen LogP contribution in [0.4, 0.5) is 5.69 Å². The molecule has 0 aromatic heterocycles. The van der Waals surface area contributed by atoms with Gasteiger partial charge in [-0.25, -0.2) is 8.42 Å². The average molecular weight is 617 g/mol. The fraction of sp³-hybridized carbons (Fsp3) is 0.500. The van der Waals surface area contributed by atoms with E-state index in [0.29, 0.717) is 32.7 Å². The molecule has 0 saturated heterocycles. The third-order valence-electron chi connectivity index (χ3n) is 6.99. The van der Waals surface area contributed by atoms with E-state index in [9.17, 15) is 18.0 Å². The van der Waals surface area contributed by atoms with Crippen LogP contribution in [0.1, 0.15) is 63.9 Å². The summed E-state index contributed by atoms with van der Waals surface area (Å²) in [6.45, 7) is 2.03. The Labute approximate surface area is 246 Å². The molecule has 2 amide bonds. The lowest BCUT2D eigenvalue weighted by Gasteiger charge is -2.33. The summed E-state index contributed by atoms with van der Waals surface area (Å²) in [5.74, 6) is -0.471. The highest BCUT2D eigenvalue weighted by molar-refractivity contribution is 7.92. The summed E-state index contributed by atoms with van der Waals surface area (Å²) in [6, 6.07) is 11.0. The first-order valence-corrected chi connectivity index (χ1v) is 16.3. The molecule has 1 unspecified atom stereocenters. The topological polar surface area (TPSA) is 86.8 Å². The Morgan fingerprint density at radius 2 is 1.62 bits per heavy atom. The van der Waals surface area contributed by atoms with Crippen molar-refractivity contribution >= 4 is 62.3 Å². The van der Waals surface area contributed by atoms with Crippen LogP contribution in [0, 0.1) is 0 Å². The number of nitrogens with zero attached hydrogens (tertiary/aromatic N) is 2. The van der Waals surface area contributed by atoms with Gasteiger partial charge in [0.15, 0.2) is 0 Å². The second-order valence-corrected chi connectivity index (χ2v) is 13.1. The zero-order valence-electron chi connectivity index (χ0n) is 22.3. The molecule has 0 bridgehead atoms. The molecule has 39 heavy (non-hydrogen) atoms. The van der Waals surface area contributed by atoms with Gasteiger partial charge in [-0.1, -0.05) is 67.1 Å². The van der Waals surface area contributed by atoms with Gasteiger partial charge in [0.2, 0.25) is 21.8 Å². The monoisotopic (exact) mass is 615 g/mol.